The van der Waals surface area contributed by atoms with Crippen LogP contribution < -0.4 is 0 Å². The van der Waals surface area contributed by atoms with Gasteiger partial charge < -0.3 is 4.74 Å². The van der Waals surface area contributed by atoms with Gasteiger partial charge in [-0.05, 0) is 13.8 Å². The maximum atomic E-state index is 5.74. The molecule has 0 aliphatic heterocycles. The molecule has 0 fully saturated rings. The lowest BCUT2D eigenvalue weighted by Crippen LogP contribution is -2.24. The zero-order valence-electron chi connectivity index (χ0n) is 7.56. The van der Waals surface area contributed by atoms with E-state index in [1.807, 2.05) is 26.8 Å². The molecule has 0 saturated carbocycles. The third-order valence-electron chi connectivity index (χ3n) is 1.54. The Bertz CT molecular complexity index is 123. The first-order valence-electron chi connectivity index (χ1n) is 3.85. The number of alkyl halides is 1. The molecule has 1 unspecified atom stereocenters. The lowest BCUT2D eigenvalue weighted by molar-refractivity contribution is 0.0394. The highest BCUT2D eigenvalue weighted by atomic mass is 35.5. The van der Waals surface area contributed by atoms with E-state index >= 15 is 0 Å². The normalized spacial score (nSPS) is 16.5. The molecule has 1 nitrogen and oxygen atoms in total. The van der Waals surface area contributed by atoms with Gasteiger partial charge in [-0.1, -0.05) is 13.0 Å². The maximum absolute atomic E-state index is 5.74. The molecule has 0 N–H and O–H groups in total. The second kappa shape index (κ2) is 4.78. The zero-order chi connectivity index (χ0) is 8.91. The van der Waals surface area contributed by atoms with Crippen molar-refractivity contribution in [1.82, 2.24) is 0 Å². The molecule has 0 aromatic carbocycles. The van der Waals surface area contributed by atoms with E-state index in [-0.39, 0.29) is 11.5 Å². The highest BCUT2D eigenvalue weighted by molar-refractivity contribution is 6.18. The second-order valence-electron chi connectivity index (χ2n) is 3.35. The summed E-state index contributed by atoms with van der Waals surface area (Å²) in [6, 6.07) is 0. The highest BCUT2D eigenvalue weighted by Crippen LogP contribution is 2.20. The summed E-state index contributed by atoms with van der Waals surface area (Å²) < 4.78 is 5.43. The van der Waals surface area contributed by atoms with Crippen LogP contribution in [0.25, 0.3) is 0 Å². The van der Waals surface area contributed by atoms with Gasteiger partial charge in [-0.2, -0.15) is 0 Å². The van der Waals surface area contributed by atoms with Crippen LogP contribution in [0.4, 0.5) is 0 Å². The molecule has 0 aromatic rings. The molecule has 0 spiro atoms. The van der Waals surface area contributed by atoms with Crippen LogP contribution in [0, 0.1) is 5.41 Å². The van der Waals surface area contributed by atoms with Gasteiger partial charge in [0, 0.05) is 11.3 Å². The van der Waals surface area contributed by atoms with E-state index in [1.54, 1.807) is 0 Å². The molecule has 0 saturated heterocycles. The van der Waals surface area contributed by atoms with Crippen LogP contribution in [-0.2, 0) is 4.74 Å². The van der Waals surface area contributed by atoms with Gasteiger partial charge in [0.25, 0.3) is 0 Å². The summed E-state index contributed by atoms with van der Waals surface area (Å²) in [6.45, 7) is 10.4. The third kappa shape index (κ3) is 4.44. The van der Waals surface area contributed by atoms with Crippen molar-refractivity contribution in [3.05, 3.63) is 12.7 Å². The first-order valence-corrected chi connectivity index (χ1v) is 4.38. The van der Waals surface area contributed by atoms with E-state index in [2.05, 4.69) is 6.58 Å². The molecule has 0 heterocycles. The molecule has 2 heteroatoms. The number of rotatable bonds is 5. The van der Waals surface area contributed by atoms with E-state index in [1.165, 1.54) is 0 Å². The Hall–Kier alpha value is -0.0100. The molecule has 0 radical (unpaired) electrons. The van der Waals surface area contributed by atoms with E-state index in [0.717, 1.165) is 0 Å². The van der Waals surface area contributed by atoms with Crippen molar-refractivity contribution >= 4 is 11.6 Å². The molecule has 0 aliphatic carbocycles. The first-order chi connectivity index (χ1) is 5.04. The van der Waals surface area contributed by atoms with Gasteiger partial charge in [0.2, 0.25) is 0 Å². The lowest BCUT2D eigenvalue weighted by atomic mass is 9.95. The molecule has 0 aliphatic rings. The molecular formula is C9H17ClO. The molecule has 0 rings (SSSR count). The summed E-state index contributed by atoms with van der Waals surface area (Å²) in [5.74, 6) is 0.559. The Kier molecular flexibility index (Phi) is 4.78. The quantitative estimate of drug-likeness (QED) is 0.463. The Morgan fingerprint density at radius 2 is 2.18 bits per heavy atom. The minimum Gasteiger partial charge on any atom is -0.378 e. The van der Waals surface area contributed by atoms with Gasteiger partial charge in [-0.3, -0.25) is 0 Å². The van der Waals surface area contributed by atoms with Crippen molar-refractivity contribution in [1.29, 1.82) is 0 Å². The van der Waals surface area contributed by atoms with E-state index in [4.69, 9.17) is 16.3 Å². The van der Waals surface area contributed by atoms with Crippen LogP contribution in [0.5, 0.6) is 0 Å². The van der Waals surface area contributed by atoms with Gasteiger partial charge in [-0.15, -0.1) is 18.2 Å². The fourth-order valence-corrected chi connectivity index (χ4v) is 0.695. The summed E-state index contributed by atoms with van der Waals surface area (Å²) >= 11 is 5.74. The van der Waals surface area contributed by atoms with E-state index < -0.39 is 0 Å². The van der Waals surface area contributed by atoms with Crippen LogP contribution in [0.2, 0.25) is 0 Å². The molecule has 66 valence electrons. The zero-order valence-corrected chi connectivity index (χ0v) is 8.32. The summed E-state index contributed by atoms with van der Waals surface area (Å²) in [5.41, 5.74) is -0.0776. The smallest absolute Gasteiger partial charge is 0.0569 e. The van der Waals surface area contributed by atoms with Crippen molar-refractivity contribution in [3.8, 4) is 0 Å². The number of hydrogen-bond donors (Lipinski definition) is 0. The summed E-state index contributed by atoms with van der Waals surface area (Å²) in [6.07, 6.45) is 2.11. The summed E-state index contributed by atoms with van der Waals surface area (Å²) in [5, 5.41) is 0. The van der Waals surface area contributed by atoms with Crippen LogP contribution in [0.1, 0.15) is 20.8 Å². The Balaban J connectivity index is 3.78. The molecule has 1 atom stereocenters. The topological polar surface area (TPSA) is 9.23 Å². The van der Waals surface area contributed by atoms with Crippen molar-refractivity contribution in [2.75, 3.05) is 12.5 Å². The van der Waals surface area contributed by atoms with Crippen molar-refractivity contribution in [3.63, 3.8) is 0 Å². The Morgan fingerprint density at radius 1 is 1.64 bits per heavy atom. The van der Waals surface area contributed by atoms with E-state index in [9.17, 15) is 0 Å². The van der Waals surface area contributed by atoms with Crippen molar-refractivity contribution in [2.24, 2.45) is 5.41 Å². The average molecular weight is 177 g/mol. The lowest BCUT2D eigenvalue weighted by Gasteiger charge is -2.23. The summed E-state index contributed by atoms with van der Waals surface area (Å²) in [4.78, 5) is 0. The average Bonchev–Trinajstić information content (AvgIpc) is 2.00. The minimum atomic E-state index is -0.0776. The fraction of sp³-hybridized carbons (Fsp3) is 0.778. The van der Waals surface area contributed by atoms with Crippen LogP contribution in [-0.4, -0.2) is 18.6 Å². The Labute approximate surface area is 74.4 Å². The largest absolute Gasteiger partial charge is 0.378 e. The third-order valence-corrected chi connectivity index (χ3v) is 2.16. The van der Waals surface area contributed by atoms with Gasteiger partial charge in [0.15, 0.2) is 0 Å². The number of ether oxygens (including phenoxy) is 1. The van der Waals surface area contributed by atoms with Crippen molar-refractivity contribution < 1.29 is 4.74 Å². The van der Waals surface area contributed by atoms with Gasteiger partial charge >= 0.3 is 0 Å². The number of hydrogen-bond acceptors (Lipinski definition) is 1. The minimum absolute atomic E-state index is 0.0776. The van der Waals surface area contributed by atoms with Gasteiger partial charge in [-0.25, -0.2) is 0 Å². The maximum Gasteiger partial charge on any atom is 0.0569 e. The van der Waals surface area contributed by atoms with E-state index in [0.29, 0.717) is 12.5 Å². The molecule has 0 aromatic heterocycles. The predicted molar refractivity (Wildman–Crippen MR) is 50.1 cm³/mol. The van der Waals surface area contributed by atoms with Crippen LogP contribution in [0.3, 0.4) is 0 Å². The standard InChI is InChI=1S/C9H17ClO/c1-5-9(4,6-10)7-11-8(2)3/h5,8H,1,6-7H2,2-4H3. The first kappa shape index (κ1) is 11.0. The fourth-order valence-electron chi connectivity index (χ4n) is 0.509. The number of halogens is 1. The Morgan fingerprint density at radius 3 is 2.45 bits per heavy atom. The van der Waals surface area contributed by atoms with Crippen molar-refractivity contribution in [2.45, 2.75) is 26.9 Å². The van der Waals surface area contributed by atoms with Gasteiger partial charge in [0.1, 0.15) is 0 Å². The van der Waals surface area contributed by atoms with Gasteiger partial charge in [0.05, 0.1) is 12.7 Å². The van der Waals surface area contributed by atoms with Crippen LogP contribution >= 0.6 is 11.6 Å². The highest BCUT2D eigenvalue weighted by Gasteiger charge is 2.19. The molecule has 11 heavy (non-hydrogen) atoms. The monoisotopic (exact) mass is 176 g/mol. The SMILES string of the molecule is C=CC(C)(CCl)COC(C)C. The molecule has 0 amide bonds. The predicted octanol–water partition coefficient (Wildman–Crippen LogP) is 2.84. The molecule has 0 bridgehead atoms. The van der Waals surface area contributed by atoms with Crippen LogP contribution in [0.15, 0.2) is 12.7 Å². The molecular weight excluding hydrogens is 160 g/mol. The summed E-state index contributed by atoms with van der Waals surface area (Å²) in [7, 11) is 0. The second-order valence-corrected chi connectivity index (χ2v) is 3.62.